The first kappa shape index (κ1) is 13.8. The summed E-state index contributed by atoms with van der Waals surface area (Å²) in [6.07, 6.45) is 6.55. The van der Waals surface area contributed by atoms with Crippen LogP contribution in [0.2, 0.25) is 0 Å². The molecule has 0 bridgehead atoms. The van der Waals surface area contributed by atoms with Gasteiger partial charge in [-0.3, -0.25) is 10.0 Å². The van der Waals surface area contributed by atoms with Gasteiger partial charge in [0.15, 0.2) is 0 Å². The van der Waals surface area contributed by atoms with E-state index in [2.05, 4.69) is 0 Å². The van der Waals surface area contributed by atoms with Crippen molar-refractivity contribution in [3.05, 3.63) is 84.5 Å². The second-order valence-corrected chi connectivity index (χ2v) is 4.11. The first-order valence-electron chi connectivity index (χ1n) is 6.25. The Hall–Kier alpha value is -2.65. The molecule has 100 valence electrons. The molecule has 3 heteroatoms. The molecule has 0 aliphatic heterocycles. The third kappa shape index (κ3) is 3.93. The number of hydrogen-bond donors (Lipinski definition) is 1. The number of para-hydroxylation sites is 1. The number of hydroxylamine groups is 1. The van der Waals surface area contributed by atoms with E-state index in [0.29, 0.717) is 10.8 Å². The molecule has 2 rings (SSSR count). The van der Waals surface area contributed by atoms with Crippen molar-refractivity contribution in [3.63, 3.8) is 0 Å². The van der Waals surface area contributed by atoms with Gasteiger partial charge in [0.1, 0.15) is 0 Å². The van der Waals surface area contributed by atoms with Gasteiger partial charge in [0, 0.05) is 6.08 Å². The zero-order valence-corrected chi connectivity index (χ0v) is 10.9. The Morgan fingerprint density at radius 3 is 2.15 bits per heavy atom. The summed E-state index contributed by atoms with van der Waals surface area (Å²) >= 11 is 0. The molecule has 0 aliphatic carbocycles. The van der Waals surface area contributed by atoms with Gasteiger partial charge in [0.25, 0.3) is 5.91 Å². The minimum absolute atomic E-state index is 0.439. The van der Waals surface area contributed by atoms with Crippen molar-refractivity contribution in [2.45, 2.75) is 0 Å². The molecule has 0 aromatic heterocycles. The Labute approximate surface area is 118 Å². The molecule has 2 aromatic carbocycles. The molecule has 0 radical (unpaired) electrons. The van der Waals surface area contributed by atoms with Crippen molar-refractivity contribution >= 4 is 17.7 Å². The Bertz CT molecular complexity index is 603. The van der Waals surface area contributed by atoms with Crippen LogP contribution >= 0.6 is 0 Å². The SMILES string of the molecule is O=C(/C=C/C=C/c1ccccc1)N(O)c1ccccc1. The van der Waals surface area contributed by atoms with Gasteiger partial charge in [-0.2, -0.15) is 5.06 Å². The highest BCUT2D eigenvalue weighted by Crippen LogP contribution is 2.11. The Balaban J connectivity index is 1.94. The number of rotatable bonds is 4. The molecule has 1 amide bonds. The van der Waals surface area contributed by atoms with E-state index < -0.39 is 5.91 Å². The largest absolute Gasteiger partial charge is 0.281 e. The van der Waals surface area contributed by atoms with Gasteiger partial charge >= 0.3 is 0 Å². The summed E-state index contributed by atoms with van der Waals surface area (Å²) in [6.45, 7) is 0. The predicted octanol–water partition coefficient (Wildman–Crippen LogP) is 3.68. The van der Waals surface area contributed by atoms with Crippen LogP contribution in [0.3, 0.4) is 0 Å². The Kier molecular flexibility index (Phi) is 4.87. The lowest BCUT2D eigenvalue weighted by Gasteiger charge is -2.11. The van der Waals surface area contributed by atoms with Crippen LogP contribution in [-0.2, 0) is 4.79 Å². The molecule has 1 N–H and O–H groups in total. The average molecular weight is 265 g/mol. The molecule has 0 fully saturated rings. The molecular formula is C17H15NO2. The van der Waals surface area contributed by atoms with Gasteiger partial charge in [-0.25, -0.2) is 0 Å². The molecule has 0 atom stereocenters. The number of carbonyl (C=O) groups is 1. The third-order valence-corrected chi connectivity index (χ3v) is 2.65. The van der Waals surface area contributed by atoms with Crippen LogP contribution in [-0.4, -0.2) is 11.1 Å². The number of benzene rings is 2. The normalized spacial score (nSPS) is 11.1. The Morgan fingerprint density at radius 1 is 0.900 bits per heavy atom. The number of hydrogen-bond acceptors (Lipinski definition) is 2. The molecule has 0 saturated carbocycles. The summed E-state index contributed by atoms with van der Waals surface area (Å²) in [5.41, 5.74) is 1.49. The highest BCUT2D eigenvalue weighted by molar-refractivity contribution is 5.99. The summed E-state index contributed by atoms with van der Waals surface area (Å²) in [6, 6.07) is 18.4. The number of amides is 1. The Morgan fingerprint density at radius 2 is 1.50 bits per heavy atom. The maximum Gasteiger partial charge on any atom is 0.274 e. The van der Waals surface area contributed by atoms with E-state index in [0.717, 1.165) is 5.56 Å². The van der Waals surface area contributed by atoms with Crippen LogP contribution in [0.1, 0.15) is 5.56 Å². The standard InChI is InChI=1S/C17H15NO2/c19-17(18(20)16-12-5-2-6-13-16)14-8-7-11-15-9-3-1-4-10-15/h1-14,20H/b11-7+,14-8+. The number of anilines is 1. The molecule has 0 aliphatic rings. The highest BCUT2D eigenvalue weighted by Gasteiger charge is 2.08. The van der Waals surface area contributed by atoms with Crippen molar-refractivity contribution in [2.75, 3.05) is 5.06 Å². The minimum Gasteiger partial charge on any atom is -0.281 e. The summed E-state index contributed by atoms with van der Waals surface area (Å²) < 4.78 is 0. The van der Waals surface area contributed by atoms with E-state index in [4.69, 9.17) is 0 Å². The van der Waals surface area contributed by atoms with Crippen LogP contribution in [0.15, 0.2) is 78.9 Å². The van der Waals surface area contributed by atoms with Crippen molar-refractivity contribution in [1.29, 1.82) is 0 Å². The van der Waals surface area contributed by atoms with Gasteiger partial charge in [-0.05, 0) is 17.7 Å². The lowest BCUT2D eigenvalue weighted by molar-refractivity contribution is -0.118. The molecule has 0 spiro atoms. The summed E-state index contributed by atoms with van der Waals surface area (Å²) in [7, 11) is 0. The van der Waals surface area contributed by atoms with Gasteiger partial charge < -0.3 is 0 Å². The van der Waals surface area contributed by atoms with Crippen LogP contribution < -0.4 is 5.06 Å². The quantitative estimate of drug-likeness (QED) is 0.396. The first-order valence-corrected chi connectivity index (χ1v) is 6.25. The minimum atomic E-state index is -0.492. The molecule has 20 heavy (non-hydrogen) atoms. The summed E-state index contributed by atoms with van der Waals surface area (Å²) in [5.74, 6) is -0.492. The van der Waals surface area contributed by atoms with E-state index in [1.807, 2.05) is 42.5 Å². The molecule has 2 aromatic rings. The van der Waals surface area contributed by atoms with Gasteiger partial charge in [0.05, 0.1) is 5.69 Å². The number of carbonyl (C=O) groups excluding carboxylic acids is 1. The number of allylic oxidation sites excluding steroid dienone is 2. The van der Waals surface area contributed by atoms with Gasteiger partial charge in [-0.15, -0.1) is 0 Å². The monoisotopic (exact) mass is 265 g/mol. The lowest BCUT2D eigenvalue weighted by atomic mass is 10.2. The molecule has 0 heterocycles. The zero-order chi connectivity index (χ0) is 14.2. The lowest BCUT2D eigenvalue weighted by Crippen LogP contribution is -2.24. The van der Waals surface area contributed by atoms with Crippen molar-refractivity contribution in [2.24, 2.45) is 0 Å². The van der Waals surface area contributed by atoms with Crippen molar-refractivity contribution in [3.8, 4) is 0 Å². The fourth-order valence-corrected chi connectivity index (χ4v) is 1.64. The smallest absolute Gasteiger partial charge is 0.274 e. The second-order valence-electron chi connectivity index (χ2n) is 4.11. The van der Waals surface area contributed by atoms with E-state index in [-0.39, 0.29) is 0 Å². The van der Waals surface area contributed by atoms with E-state index in [1.54, 1.807) is 36.4 Å². The topological polar surface area (TPSA) is 40.5 Å². The fraction of sp³-hybridized carbons (Fsp3) is 0. The second kappa shape index (κ2) is 7.07. The van der Waals surface area contributed by atoms with E-state index in [9.17, 15) is 10.0 Å². The molecule has 0 saturated heterocycles. The van der Waals surface area contributed by atoms with Gasteiger partial charge in [0.2, 0.25) is 0 Å². The van der Waals surface area contributed by atoms with Crippen molar-refractivity contribution in [1.82, 2.24) is 0 Å². The zero-order valence-electron chi connectivity index (χ0n) is 10.9. The predicted molar refractivity (Wildman–Crippen MR) is 80.3 cm³/mol. The van der Waals surface area contributed by atoms with E-state index >= 15 is 0 Å². The highest BCUT2D eigenvalue weighted by atomic mass is 16.5. The first-order chi connectivity index (χ1) is 9.77. The number of nitrogens with zero attached hydrogens (tertiary/aromatic N) is 1. The van der Waals surface area contributed by atoms with Crippen LogP contribution in [0, 0.1) is 0 Å². The fourth-order valence-electron chi connectivity index (χ4n) is 1.64. The molecular weight excluding hydrogens is 250 g/mol. The summed E-state index contributed by atoms with van der Waals surface area (Å²) in [4.78, 5) is 11.7. The molecule has 3 nitrogen and oxygen atoms in total. The summed E-state index contributed by atoms with van der Waals surface area (Å²) in [5, 5.41) is 10.3. The van der Waals surface area contributed by atoms with Gasteiger partial charge in [-0.1, -0.05) is 66.8 Å². The molecule has 0 unspecified atom stereocenters. The third-order valence-electron chi connectivity index (χ3n) is 2.65. The van der Waals surface area contributed by atoms with E-state index in [1.165, 1.54) is 6.08 Å². The van der Waals surface area contributed by atoms with Crippen LogP contribution in [0.4, 0.5) is 5.69 Å². The van der Waals surface area contributed by atoms with Crippen LogP contribution in [0.25, 0.3) is 6.08 Å². The van der Waals surface area contributed by atoms with Crippen LogP contribution in [0.5, 0.6) is 0 Å². The maximum absolute atomic E-state index is 11.7. The van der Waals surface area contributed by atoms with Crippen molar-refractivity contribution < 1.29 is 10.0 Å². The average Bonchev–Trinajstić information content (AvgIpc) is 2.52. The maximum atomic E-state index is 11.7.